The van der Waals surface area contributed by atoms with Gasteiger partial charge in [0.05, 0.1) is 17.9 Å². The summed E-state index contributed by atoms with van der Waals surface area (Å²) >= 11 is 6.00. The quantitative estimate of drug-likeness (QED) is 0.507. The topological polar surface area (TPSA) is 83.8 Å². The van der Waals surface area contributed by atoms with Gasteiger partial charge in [0.15, 0.2) is 11.5 Å². The Morgan fingerprint density at radius 1 is 1.11 bits per heavy atom. The molecule has 6 nitrogen and oxygen atoms in total. The maximum absolute atomic E-state index is 12.5. The number of halogens is 1. The summed E-state index contributed by atoms with van der Waals surface area (Å²) in [6, 6.07) is 18.3. The molecule has 0 radical (unpaired) electrons. The summed E-state index contributed by atoms with van der Waals surface area (Å²) in [5, 5.41) is 7.32. The molecule has 0 bridgehead atoms. The third kappa shape index (κ3) is 3.82. The minimum absolute atomic E-state index is 0.191. The minimum Gasteiger partial charge on any atom is -0.355 e. The third-order valence-corrected chi connectivity index (χ3v) is 4.53. The zero-order valence-electron chi connectivity index (χ0n) is 15.0. The highest BCUT2D eigenvalue weighted by molar-refractivity contribution is 6.30. The van der Waals surface area contributed by atoms with Crippen LogP contribution in [0.1, 0.15) is 29.3 Å². The Labute approximate surface area is 166 Å². The number of rotatable bonds is 5. The lowest BCUT2D eigenvalue weighted by Gasteiger charge is -2.09. The highest BCUT2D eigenvalue weighted by Crippen LogP contribution is 2.24. The Bertz CT molecular complexity index is 1100. The molecule has 0 saturated carbocycles. The zero-order valence-corrected chi connectivity index (χ0v) is 15.8. The Morgan fingerprint density at radius 3 is 2.68 bits per heavy atom. The molecule has 7 heteroatoms. The molecule has 4 rings (SSSR count). The number of benzene rings is 2. The summed E-state index contributed by atoms with van der Waals surface area (Å²) in [7, 11) is 0. The fourth-order valence-electron chi connectivity index (χ4n) is 2.82. The second-order valence-electron chi connectivity index (χ2n) is 6.33. The number of aromatic nitrogens is 3. The van der Waals surface area contributed by atoms with Crippen molar-refractivity contribution >= 4 is 17.5 Å². The van der Waals surface area contributed by atoms with Crippen molar-refractivity contribution in [2.24, 2.45) is 0 Å². The van der Waals surface area contributed by atoms with Crippen LogP contribution in [0.5, 0.6) is 0 Å². The van der Waals surface area contributed by atoms with E-state index in [1.807, 2.05) is 49.4 Å². The molecule has 0 fully saturated rings. The fourth-order valence-corrected chi connectivity index (χ4v) is 3.01. The summed E-state index contributed by atoms with van der Waals surface area (Å²) in [5.74, 6) is 0.789. The number of carbonyl (C=O) groups is 1. The molecular formula is C21H17ClN4O2. The first-order valence-electron chi connectivity index (χ1n) is 8.74. The second-order valence-corrected chi connectivity index (χ2v) is 6.77. The third-order valence-electron chi connectivity index (χ3n) is 4.29. The maximum atomic E-state index is 12.5. The Hall–Kier alpha value is -3.38. The smallest absolute Gasteiger partial charge is 0.274 e. The summed E-state index contributed by atoms with van der Waals surface area (Å²) in [6.45, 7) is 1.85. The lowest BCUT2D eigenvalue weighted by molar-refractivity contribution is 0.0929. The average molecular weight is 393 g/mol. The number of nitrogens with one attached hydrogen (secondary N) is 2. The molecule has 0 aliphatic carbocycles. The standard InChI is InChI=1S/C21H17ClN4O2/c1-13(20-23-12-18(25-20)14-6-3-2-4-7-14)24-21(27)17-11-19(28-26-17)15-8-5-9-16(22)10-15/h2-13H,1H3,(H,23,25)(H,24,27). The van der Waals surface area contributed by atoms with Gasteiger partial charge in [0, 0.05) is 16.7 Å². The first-order valence-corrected chi connectivity index (χ1v) is 9.12. The number of imidazole rings is 1. The van der Waals surface area contributed by atoms with E-state index in [0.717, 1.165) is 16.8 Å². The Balaban J connectivity index is 1.46. The van der Waals surface area contributed by atoms with Crippen LogP contribution >= 0.6 is 11.6 Å². The monoisotopic (exact) mass is 392 g/mol. The zero-order chi connectivity index (χ0) is 19.5. The average Bonchev–Trinajstić information content (AvgIpc) is 3.39. The van der Waals surface area contributed by atoms with Gasteiger partial charge in [-0.15, -0.1) is 0 Å². The van der Waals surface area contributed by atoms with Crippen LogP contribution in [0.25, 0.3) is 22.6 Å². The molecule has 140 valence electrons. The number of amides is 1. The van der Waals surface area contributed by atoms with Gasteiger partial charge in [-0.1, -0.05) is 59.2 Å². The largest absolute Gasteiger partial charge is 0.355 e. The molecule has 0 saturated heterocycles. The van der Waals surface area contributed by atoms with Crippen molar-refractivity contribution in [2.75, 3.05) is 0 Å². The molecule has 28 heavy (non-hydrogen) atoms. The predicted molar refractivity (Wildman–Crippen MR) is 107 cm³/mol. The van der Waals surface area contributed by atoms with E-state index in [1.54, 1.807) is 24.4 Å². The first-order chi connectivity index (χ1) is 13.6. The molecule has 4 aromatic rings. The van der Waals surface area contributed by atoms with Crippen molar-refractivity contribution in [1.29, 1.82) is 0 Å². The number of carbonyl (C=O) groups excluding carboxylic acids is 1. The van der Waals surface area contributed by atoms with Gasteiger partial charge in [-0.2, -0.15) is 0 Å². The molecular weight excluding hydrogens is 376 g/mol. The van der Waals surface area contributed by atoms with Gasteiger partial charge in [0.1, 0.15) is 5.82 Å². The molecule has 0 spiro atoms. The van der Waals surface area contributed by atoms with Crippen LogP contribution in [0.4, 0.5) is 0 Å². The Morgan fingerprint density at radius 2 is 1.89 bits per heavy atom. The summed E-state index contributed by atoms with van der Waals surface area (Å²) in [5.41, 5.74) is 2.87. The van der Waals surface area contributed by atoms with E-state index in [2.05, 4.69) is 20.4 Å². The lowest BCUT2D eigenvalue weighted by Crippen LogP contribution is -2.27. The Kier molecular flexibility index (Phi) is 4.95. The molecule has 2 aromatic carbocycles. The van der Waals surface area contributed by atoms with Crippen molar-refractivity contribution in [3.05, 3.63) is 83.4 Å². The predicted octanol–water partition coefficient (Wildman–Crippen LogP) is 4.88. The van der Waals surface area contributed by atoms with Crippen LogP contribution in [0.15, 0.2) is 71.4 Å². The van der Waals surface area contributed by atoms with Crippen LogP contribution in [0.2, 0.25) is 5.02 Å². The molecule has 2 aromatic heterocycles. The van der Waals surface area contributed by atoms with Gasteiger partial charge in [0.25, 0.3) is 5.91 Å². The van der Waals surface area contributed by atoms with Gasteiger partial charge in [-0.05, 0) is 24.6 Å². The van der Waals surface area contributed by atoms with Gasteiger partial charge in [0.2, 0.25) is 0 Å². The van der Waals surface area contributed by atoms with E-state index in [4.69, 9.17) is 16.1 Å². The number of hydrogen-bond donors (Lipinski definition) is 2. The second kappa shape index (κ2) is 7.70. The van der Waals surface area contributed by atoms with Gasteiger partial charge < -0.3 is 14.8 Å². The van der Waals surface area contributed by atoms with Crippen LogP contribution < -0.4 is 5.32 Å². The van der Waals surface area contributed by atoms with Crippen molar-refractivity contribution < 1.29 is 9.32 Å². The molecule has 1 amide bonds. The van der Waals surface area contributed by atoms with Gasteiger partial charge in [-0.25, -0.2) is 4.98 Å². The van der Waals surface area contributed by atoms with Crippen molar-refractivity contribution in [1.82, 2.24) is 20.4 Å². The number of hydrogen-bond acceptors (Lipinski definition) is 4. The molecule has 0 aliphatic rings. The highest BCUT2D eigenvalue weighted by Gasteiger charge is 2.18. The normalized spacial score (nSPS) is 11.9. The number of nitrogens with zero attached hydrogens (tertiary/aromatic N) is 2. The molecule has 1 unspecified atom stereocenters. The van der Waals surface area contributed by atoms with E-state index in [9.17, 15) is 4.79 Å². The van der Waals surface area contributed by atoms with E-state index in [1.165, 1.54) is 0 Å². The van der Waals surface area contributed by atoms with Crippen LogP contribution in [0.3, 0.4) is 0 Å². The summed E-state index contributed by atoms with van der Waals surface area (Å²) < 4.78 is 5.28. The number of aromatic amines is 1. The molecule has 2 N–H and O–H groups in total. The van der Waals surface area contributed by atoms with Crippen LogP contribution in [-0.4, -0.2) is 21.0 Å². The van der Waals surface area contributed by atoms with Crippen LogP contribution in [-0.2, 0) is 0 Å². The first kappa shape index (κ1) is 18.0. The van der Waals surface area contributed by atoms with E-state index in [-0.39, 0.29) is 17.6 Å². The molecule has 2 heterocycles. The summed E-state index contributed by atoms with van der Waals surface area (Å²) in [4.78, 5) is 20.1. The van der Waals surface area contributed by atoms with Crippen LogP contribution in [0, 0.1) is 0 Å². The maximum Gasteiger partial charge on any atom is 0.274 e. The molecule has 1 atom stereocenters. The van der Waals surface area contributed by atoms with Crippen molar-refractivity contribution in [2.45, 2.75) is 13.0 Å². The van der Waals surface area contributed by atoms with Gasteiger partial charge >= 0.3 is 0 Å². The van der Waals surface area contributed by atoms with Crippen molar-refractivity contribution in [3.8, 4) is 22.6 Å². The lowest BCUT2D eigenvalue weighted by atomic mass is 10.1. The fraction of sp³-hybridized carbons (Fsp3) is 0.0952. The SMILES string of the molecule is CC(NC(=O)c1cc(-c2cccc(Cl)c2)on1)c1ncc(-c2ccccc2)[nH]1. The number of H-pyrrole nitrogens is 1. The van der Waals surface area contributed by atoms with E-state index in [0.29, 0.717) is 16.6 Å². The van der Waals surface area contributed by atoms with E-state index < -0.39 is 0 Å². The van der Waals surface area contributed by atoms with E-state index >= 15 is 0 Å². The molecule has 0 aliphatic heterocycles. The minimum atomic E-state index is -0.345. The van der Waals surface area contributed by atoms with Gasteiger partial charge in [-0.3, -0.25) is 4.79 Å². The van der Waals surface area contributed by atoms with Crippen molar-refractivity contribution in [3.63, 3.8) is 0 Å². The summed E-state index contributed by atoms with van der Waals surface area (Å²) in [6.07, 6.45) is 1.75. The highest BCUT2D eigenvalue weighted by atomic mass is 35.5.